The van der Waals surface area contributed by atoms with E-state index in [1.165, 1.54) is 44.6 Å². The van der Waals surface area contributed by atoms with Gasteiger partial charge < -0.3 is 48.9 Å². The van der Waals surface area contributed by atoms with E-state index >= 15 is 0 Å². The van der Waals surface area contributed by atoms with Crippen molar-refractivity contribution >= 4 is 33.7 Å². The Labute approximate surface area is 319 Å². The number of non-ortho nitro benzene ring substituents is 2. The zero-order valence-electron chi connectivity index (χ0n) is 32.4. The first-order valence-corrected chi connectivity index (χ1v) is 18.2. The third-order valence-electron chi connectivity index (χ3n) is 5.57. The minimum atomic E-state index is -3.42. The van der Waals surface area contributed by atoms with E-state index in [4.69, 9.17) is 33.5 Å². The molecule has 0 aromatic heterocycles. The lowest BCUT2D eigenvalue weighted by Gasteiger charge is -2.19. The van der Waals surface area contributed by atoms with E-state index in [9.17, 15) is 38.2 Å². The molecular weight excluding hydrogens is 756 g/mol. The number of alkyl carbamates (subject to hydrolysis) is 2. The third-order valence-corrected chi connectivity index (χ3v) is 6.17. The van der Waals surface area contributed by atoms with Gasteiger partial charge in [0.25, 0.3) is 21.5 Å². The van der Waals surface area contributed by atoms with Crippen molar-refractivity contribution in [3.05, 3.63) is 56.6 Å². The van der Waals surface area contributed by atoms with Gasteiger partial charge in [0.15, 0.2) is 23.0 Å². The standard InChI is InChI=1S/C16H24N2O7.C10H21NO6S.C7H7NO4/c1-16(2,3)25-15(19)17-7-8-23-9-10-24-13-6-5-12(18(20)21)11-14(13)22-4;1-10(2,3)17-9(12)11-5-6-15-7-8-16-18(4,13)14;1-12-7-4-5(8(10)11)2-3-6(7)9/h5-6,11H,7-10H2,1-4H3,(H,17,19);5-8H2,1-4H3,(H,11,12);2-4,9H,1H3. The number of rotatable bonds is 18. The van der Waals surface area contributed by atoms with Crippen molar-refractivity contribution in [3.63, 3.8) is 0 Å². The summed E-state index contributed by atoms with van der Waals surface area (Å²) in [4.78, 5) is 42.5. The van der Waals surface area contributed by atoms with Crippen LogP contribution in [0.3, 0.4) is 0 Å². The highest BCUT2D eigenvalue weighted by molar-refractivity contribution is 7.85. The number of hydrogen-bond acceptors (Lipinski definition) is 17. The van der Waals surface area contributed by atoms with E-state index in [0.717, 1.165) is 12.3 Å². The van der Waals surface area contributed by atoms with Crippen molar-refractivity contribution < 1.29 is 70.3 Å². The second-order valence-electron chi connectivity index (χ2n) is 12.7. The van der Waals surface area contributed by atoms with Crippen LogP contribution in [0.1, 0.15) is 41.5 Å². The Morgan fingerprint density at radius 1 is 0.691 bits per heavy atom. The number of benzene rings is 2. The topological polar surface area (TPSA) is 273 Å². The summed E-state index contributed by atoms with van der Waals surface area (Å²) in [5.41, 5.74) is -1.25. The number of nitro benzene ring substituents is 2. The molecule has 0 saturated heterocycles. The summed E-state index contributed by atoms with van der Waals surface area (Å²) in [5.74, 6) is 0.664. The Morgan fingerprint density at radius 2 is 1.13 bits per heavy atom. The number of phenols is 1. The molecule has 312 valence electrons. The zero-order chi connectivity index (χ0) is 42.2. The van der Waals surface area contributed by atoms with E-state index in [1.54, 1.807) is 41.5 Å². The lowest BCUT2D eigenvalue weighted by molar-refractivity contribution is -0.385. The van der Waals surface area contributed by atoms with E-state index in [0.29, 0.717) is 18.9 Å². The molecule has 0 bridgehead atoms. The van der Waals surface area contributed by atoms with Crippen LogP contribution in [0.25, 0.3) is 0 Å². The van der Waals surface area contributed by atoms with E-state index < -0.39 is 43.4 Å². The molecule has 0 saturated carbocycles. The molecule has 0 spiro atoms. The fraction of sp³-hybridized carbons (Fsp3) is 0.576. The lowest BCUT2D eigenvalue weighted by Crippen LogP contribution is -2.34. The molecule has 2 aromatic carbocycles. The smallest absolute Gasteiger partial charge is 0.407 e. The van der Waals surface area contributed by atoms with Gasteiger partial charge in [-0.05, 0) is 53.7 Å². The molecule has 3 N–H and O–H groups in total. The summed E-state index contributed by atoms with van der Waals surface area (Å²) in [7, 11) is -0.681. The minimum absolute atomic E-state index is 0.0364. The summed E-state index contributed by atoms with van der Waals surface area (Å²) < 4.78 is 61.3. The predicted octanol–water partition coefficient (Wildman–Crippen LogP) is 4.34. The highest BCUT2D eigenvalue weighted by Crippen LogP contribution is 2.31. The van der Waals surface area contributed by atoms with E-state index in [1.807, 2.05) is 0 Å². The molecule has 55 heavy (non-hydrogen) atoms. The van der Waals surface area contributed by atoms with Crippen molar-refractivity contribution in [3.8, 4) is 23.0 Å². The molecule has 0 atom stereocenters. The molecule has 0 aliphatic carbocycles. The van der Waals surface area contributed by atoms with Crippen LogP contribution >= 0.6 is 0 Å². The van der Waals surface area contributed by atoms with Crippen molar-refractivity contribution in [2.75, 3.05) is 73.2 Å². The Morgan fingerprint density at radius 3 is 1.55 bits per heavy atom. The van der Waals surface area contributed by atoms with Crippen molar-refractivity contribution in [1.29, 1.82) is 0 Å². The van der Waals surface area contributed by atoms with Crippen LogP contribution in [-0.4, -0.2) is 120 Å². The van der Waals surface area contributed by atoms with E-state index in [2.05, 4.69) is 19.6 Å². The Balaban J connectivity index is 0.000000849. The molecular formula is C33H52N4O17S. The monoisotopic (exact) mass is 808 g/mol. The first kappa shape index (κ1) is 49.8. The van der Waals surface area contributed by atoms with Crippen molar-refractivity contribution in [2.45, 2.75) is 52.7 Å². The number of phenolic OH excluding ortho intramolecular Hbond substituents is 1. The van der Waals surface area contributed by atoms with Crippen LogP contribution in [0, 0.1) is 20.2 Å². The van der Waals surface area contributed by atoms with Gasteiger partial charge >= 0.3 is 12.2 Å². The molecule has 0 unspecified atom stereocenters. The van der Waals surface area contributed by atoms with Crippen molar-refractivity contribution in [1.82, 2.24) is 10.6 Å². The Bertz CT molecular complexity index is 1610. The second kappa shape index (κ2) is 25.0. The maximum atomic E-state index is 11.4. The summed E-state index contributed by atoms with van der Waals surface area (Å²) in [5, 5.41) is 35.1. The number of carbonyl (C=O) groups is 2. The summed E-state index contributed by atoms with van der Waals surface area (Å²) >= 11 is 0. The summed E-state index contributed by atoms with van der Waals surface area (Å²) in [6.45, 7) is 12.5. The molecule has 2 rings (SSSR count). The molecule has 0 heterocycles. The van der Waals surface area contributed by atoms with Gasteiger partial charge in [0.05, 0.1) is 75.5 Å². The normalized spacial score (nSPS) is 11.0. The first-order valence-electron chi connectivity index (χ1n) is 16.4. The van der Waals surface area contributed by atoms with Crippen molar-refractivity contribution in [2.24, 2.45) is 0 Å². The number of amides is 2. The van der Waals surface area contributed by atoms with Crippen LogP contribution in [0.4, 0.5) is 21.0 Å². The number of aromatic hydroxyl groups is 1. The number of ether oxygens (including phenoxy) is 7. The zero-order valence-corrected chi connectivity index (χ0v) is 33.2. The molecule has 2 aromatic rings. The fourth-order valence-corrected chi connectivity index (χ4v) is 3.78. The van der Waals surface area contributed by atoms with Gasteiger partial charge in [-0.15, -0.1) is 0 Å². The average Bonchev–Trinajstić information content (AvgIpc) is 3.06. The van der Waals surface area contributed by atoms with Gasteiger partial charge in [0.1, 0.15) is 17.8 Å². The SMILES string of the molecule is CC(C)(C)OC(=O)NCCOCCOS(C)(=O)=O.COc1cc([N+](=O)[O-])ccc1O.COc1cc([N+](=O)[O-])ccc1OCCOCCNC(=O)OC(C)(C)C. The van der Waals surface area contributed by atoms with Crippen LogP contribution in [0.15, 0.2) is 36.4 Å². The predicted molar refractivity (Wildman–Crippen MR) is 197 cm³/mol. The molecule has 2 amide bonds. The largest absolute Gasteiger partial charge is 0.504 e. The van der Waals surface area contributed by atoms with Crippen LogP contribution in [-0.2, 0) is 33.2 Å². The molecule has 0 fully saturated rings. The van der Waals surface area contributed by atoms with Crippen LogP contribution in [0.2, 0.25) is 0 Å². The minimum Gasteiger partial charge on any atom is -0.504 e. The lowest BCUT2D eigenvalue weighted by atomic mass is 10.2. The van der Waals surface area contributed by atoms with Crippen LogP contribution in [0.5, 0.6) is 23.0 Å². The Hall–Kier alpha value is -5.19. The van der Waals surface area contributed by atoms with E-state index in [-0.39, 0.29) is 68.2 Å². The molecule has 0 radical (unpaired) electrons. The third kappa shape index (κ3) is 26.3. The number of nitrogens with one attached hydrogen (secondary N) is 2. The van der Waals surface area contributed by atoms with Gasteiger partial charge in [0.2, 0.25) is 0 Å². The molecule has 0 aliphatic rings. The summed E-state index contributed by atoms with van der Waals surface area (Å²) in [6.07, 6.45) is -0.0432. The quantitative estimate of drug-likeness (QED) is 0.0818. The molecule has 22 heteroatoms. The first-order chi connectivity index (χ1) is 25.5. The van der Waals surface area contributed by atoms with Gasteiger partial charge in [-0.2, -0.15) is 8.42 Å². The summed E-state index contributed by atoms with van der Waals surface area (Å²) in [6, 6.07) is 7.69. The highest BCUT2D eigenvalue weighted by Gasteiger charge is 2.17. The maximum Gasteiger partial charge on any atom is 0.407 e. The van der Waals surface area contributed by atoms with Gasteiger partial charge in [-0.25, -0.2) is 9.59 Å². The average molecular weight is 809 g/mol. The maximum absolute atomic E-state index is 11.4. The second-order valence-corrected chi connectivity index (χ2v) is 14.3. The molecule has 21 nitrogen and oxygen atoms in total. The van der Waals surface area contributed by atoms with Gasteiger partial charge in [-0.1, -0.05) is 0 Å². The number of nitrogens with zero attached hydrogens (tertiary/aromatic N) is 2. The molecule has 0 aliphatic heterocycles. The fourth-order valence-electron chi connectivity index (χ4n) is 3.41. The Kier molecular flexibility index (Phi) is 22.6. The van der Waals surface area contributed by atoms with Gasteiger partial charge in [-0.3, -0.25) is 24.4 Å². The van der Waals surface area contributed by atoms with Gasteiger partial charge in [0, 0.05) is 25.2 Å². The number of nitro groups is 2. The highest BCUT2D eigenvalue weighted by atomic mass is 32.2. The van der Waals surface area contributed by atoms with Crippen LogP contribution < -0.4 is 24.8 Å². The number of hydrogen-bond donors (Lipinski definition) is 3. The number of carbonyl (C=O) groups excluding carboxylic acids is 2. The number of methoxy groups -OCH3 is 2.